The van der Waals surface area contributed by atoms with Crippen LogP contribution in [0.25, 0.3) is 0 Å². The Labute approximate surface area is 76.1 Å². The number of ether oxygens (including phenoxy) is 1. The van der Waals surface area contributed by atoms with Crippen LogP contribution in [-0.4, -0.2) is 29.5 Å². The maximum atomic E-state index is 10.8. The molecule has 0 saturated carbocycles. The van der Waals surface area contributed by atoms with E-state index >= 15 is 0 Å². The number of amides is 2. The fourth-order valence-electron chi connectivity index (χ4n) is 0.927. The second-order valence-electron chi connectivity index (χ2n) is 3.19. The first kappa shape index (κ1) is 9.70. The van der Waals surface area contributed by atoms with Crippen LogP contribution in [0.5, 0.6) is 0 Å². The van der Waals surface area contributed by atoms with Gasteiger partial charge in [-0.05, 0) is 20.8 Å². The Bertz CT molecular complexity index is 292. The molecule has 5 heteroatoms. The molecule has 0 atom stereocenters. The summed E-state index contributed by atoms with van der Waals surface area (Å²) < 4.78 is 5.13. The molecule has 0 aromatic heterocycles. The molecule has 1 aliphatic heterocycles. The molecular formula is C8H12N2O3. The van der Waals surface area contributed by atoms with Crippen LogP contribution in [0.1, 0.15) is 20.8 Å². The maximum Gasteiger partial charge on any atom is 0.373 e. The van der Waals surface area contributed by atoms with Gasteiger partial charge in [-0.2, -0.15) is 9.98 Å². The molecule has 1 heterocycles. The average molecular weight is 184 g/mol. The van der Waals surface area contributed by atoms with E-state index in [1.807, 2.05) is 0 Å². The van der Waals surface area contributed by atoms with E-state index in [1.54, 1.807) is 20.8 Å². The number of aliphatic hydroxyl groups excluding tert-OH is 1. The number of carbonyl (C=O) groups excluding carboxylic acids is 1. The maximum absolute atomic E-state index is 10.8. The van der Waals surface area contributed by atoms with Gasteiger partial charge >= 0.3 is 6.03 Å². The summed E-state index contributed by atoms with van der Waals surface area (Å²) in [5.74, 6) is -0.0385. The highest BCUT2D eigenvalue weighted by molar-refractivity contribution is 6.13. The SMILES string of the molecule is CCOC1=NC(=O)N=C(O)C1(C)C. The van der Waals surface area contributed by atoms with Crippen LogP contribution < -0.4 is 0 Å². The zero-order valence-corrected chi connectivity index (χ0v) is 7.87. The Morgan fingerprint density at radius 1 is 1.46 bits per heavy atom. The van der Waals surface area contributed by atoms with E-state index in [2.05, 4.69) is 9.98 Å². The largest absolute Gasteiger partial charge is 0.495 e. The van der Waals surface area contributed by atoms with Crippen molar-refractivity contribution in [1.29, 1.82) is 0 Å². The van der Waals surface area contributed by atoms with Gasteiger partial charge in [0.2, 0.25) is 11.8 Å². The van der Waals surface area contributed by atoms with Crippen LogP contribution in [0, 0.1) is 5.41 Å². The highest BCUT2D eigenvalue weighted by Crippen LogP contribution is 2.23. The normalized spacial score (nSPS) is 20.7. The van der Waals surface area contributed by atoms with Crippen LogP contribution >= 0.6 is 0 Å². The first-order valence-corrected chi connectivity index (χ1v) is 4.02. The Morgan fingerprint density at radius 3 is 2.62 bits per heavy atom. The summed E-state index contributed by atoms with van der Waals surface area (Å²) in [4.78, 5) is 17.7. The number of nitrogens with zero attached hydrogens (tertiary/aromatic N) is 2. The molecule has 0 aliphatic carbocycles. The molecule has 13 heavy (non-hydrogen) atoms. The molecule has 0 bridgehead atoms. The number of urea groups is 1. The fraction of sp³-hybridized carbons (Fsp3) is 0.625. The van der Waals surface area contributed by atoms with Crippen LogP contribution in [0.3, 0.4) is 0 Å². The highest BCUT2D eigenvalue weighted by Gasteiger charge is 2.37. The number of carbonyl (C=O) groups is 1. The Hall–Kier alpha value is -1.39. The van der Waals surface area contributed by atoms with Gasteiger partial charge in [-0.15, -0.1) is 0 Å². The minimum atomic E-state index is -0.802. The van der Waals surface area contributed by atoms with Crippen molar-refractivity contribution in [2.75, 3.05) is 6.61 Å². The minimum Gasteiger partial charge on any atom is -0.495 e. The van der Waals surface area contributed by atoms with Gasteiger partial charge in [0.1, 0.15) is 5.41 Å². The zero-order valence-electron chi connectivity index (χ0n) is 7.87. The van der Waals surface area contributed by atoms with Gasteiger partial charge in [0.25, 0.3) is 0 Å². The van der Waals surface area contributed by atoms with Crippen LogP contribution in [0.15, 0.2) is 9.98 Å². The molecule has 0 spiro atoms. The Morgan fingerprint density at radius 2 is 2.08 bits per heavy atom. The molecule has 1 rings (SSSR count). The van der Waals surface area contributed by atoms with Crippen molar-refractivity contribution < 1.29 is 14.6 Å². The molecule has 0 unspecified atom stereocenters. The third kappa shape index (κ3) is 1.68. The van der Waals surface area contributed by atoms with Gasteiger partial charge in [-0.25, -0.2) is 4.79 Å². The first-order valence-electron chi connectivity index (χ1n) is 4.02. The van der Waals surface area contributed by atoms with Crippen molar-refractivity contribution in [2.24, 2.45) is 15.4 Å². The zero-order chi connectivity index (χ0) is 10.1. The summed E-state index contributed by atoms with van der Waals surface area (Å²) in [7, 11) is 0. The number of aliphatic hydroxyl groups is 1. The van der Waals surface area contributed by atoms with Crippen molar-refractivity contribution in [3.05, 3.63) is 0 Å². The van der Waals surface area contributed by atoms with Crippen molar-refractivity contribution in [1.82, 2.24) is 0 Å². The molecule has 1 N–H and O–H groups in total. The predicted octanol–water partition coefficient (Wildman–Crippen LogP) is 1.54. The molecule has 72 valence electrons. The molecule has 0 radical (unpaired) electrons. The lowest BCUT2D eigenvalue weighted by molar-refractivity contribution is 0.247. The van der Waals surface area contributed by atoms with Crippen molar-refractivity contribution in [2.45, 2.75) is 20.8 Å². The highest BCUT2D eigenvalue weighted by atomic mass is 16.5. The van der Waals surface area contributed by atoms with E-state index in [-0.39, 0.29) is 11.8 Å². The number of aliphatic imine (C=N–C) groups is 2. The minimum absolute atomic E-state index is 0.215. The monoisotopic (exact) mass is 184 g/mol. The lowest BCUT2D eigenvalue weighted by Crippen LogP contribution is -2.38. The number of rotatable bonds is 1. The van der Waals surface area contributed by atoms with Crippen LogP contribution in [0.4, 0.5) is 4.79 Å². The Kier molecular flexibility index (Phi) is 2.36. The lowest BCUT2D eigenvalue weighted by Gasteiger charge is -2.25. The molecule has 5 nitrogen and oxygen atoms in total. The van der Waals surface area contributed by atoms with Gasteiger partial charge in [0, 0.05) is 0 Å². The molecule has 0 aromatic rings. The van der Waals surface area contributed by atoms with E-state index < -0.39 is 11.4 Å². The average Bonchev–Trinajstić information content (AvgIpc) is 2.01. The molecule has 0 fully saturated rings. The van der Waals surface area contributed by atoms with E-state index in [1.165, 1.54) is 0 Å². The summed E-state index contributed by atoms with van der Waals surface area (Å²) in [6, 6.07) is -0.722. The number of hydrogen-bond acceptors (Lipinski definition) is 2. The first-order chi connectivity index (χ1) is 5.98. The van der Waals surface area contributed by atoms with Crippen molar-refractivity contribution in [3.63, 3.8) is 0 Å². The van der Waals surface area contributed by atoms with E-state index in [0.717, 1.165) is 0 Å². The molecule has 0 aromatic carbocycles. The standard InChI is InChI=1S/C8H12N2O3/c1-4-13-6-8(2,3)5(11)9-7(12)10-6/h4H2,1-3H3,(H,9,11,12). The summed E-state index contributed by atoms with van der Waals surface area (Å²) in [5, 5.41) is 9.37. The number of hydrogen-bond donors (Lipinski definition) is 1. The van der Waals surface area contributed by atoms with Crippen LogP contribution in [-0.2, 0) is 4.74 Å². The smallest absolute Gasteiger partial charge is 0.373 e. The van der Waals surface area contributed by atoms with E-state index in [0.29, 0.717) is 6.61 Å². The van der Waals surface area contributed by atoms with Gasteiger partial charge in [-0.3, -0.25) is 0 Å². The van der Waals surface area contributed by atoms with Gasteiger partial charge in [-0.1, -0.05) is 0 Å². The van der Waals surface area contributed by atoms with Crippen LogP contribution in [0.2, 0.25) is 0 Å². The van der Waals surface area contributed by atoms with Gasteiger partial charge < -0.3 is 9.84 Å². The Balaban J connectivity index is 2.99. The summed E-state index contributed by atoms with van der Waals surface area (Å²) in [5.41, 5.74) is -0.802. The van der Waals surface area contributed by atoms with Gasteiger partial charge in [0.15, 0.2) is 0 Å². The summed E-state index contributed by atoms with van der Waals surface area (Å²) in [6.45, 7) is 5.56. The summed E-state index contributed by atoms with van der Waals surface area (Å²) in [6.07, 6.45) is 0. The molecular weight excluding hydrogens is 172 g/mol. The predicted molar refractivity (Wildman–Crippen MR) is 48.3 cm³/mol. The molecule has 1 aliphatic rings. The van der Waals surface area contributed by atoms with E-state index in [9.17, 15) is 9.90 Å². The third-order valence-electron chi connectivity index (χ3n) is 1.77. The van der Waals surface area contributed by atoms with Crippen molar-refractivity contribution in [3.8, 4) is 0 Å². The lowest BCUT2D eigenvalue weighted by atomic mass is 9.92. The molecule has 2 amide bonds. The third-order valence-corrected chi connectivity index (χ3v) is 1.77. The van der Waals surface area contributed by atoms with Gasteiger partial charge in [0.05, 0.1) is 6.61 Å². The van der Waals surface area contributed by atoms with Crippen molar-refractivity contribution >= 4 is 17.8 Å². The second kappa shape index (κ2) is 3.16. The van der Waals surface area contributed by atoms with E-state index in [4.69, 9.17) is 4.74 Å². The molecule has 0 saturated heterocycles. The topological polar surface area (TPSA) is 71.2 Å². The second-order valence-corrected chi connectivity index (χ2v) is 3.19. The quantitative estimate of drug-likeness (QED) is 0.671. The fourth-order valence-corrected chi connectivity index (χ4v) is 0.927. The summed E-state index contributed by atoms with van der Waals surface area (Å²) >= 11 is 0.